The molecule has 0 saturated carbocycles. The largest absolute Gasteiger partial charge is 0.399 e. The van der Waals surface area contributed by atoms with Gasteiger partial charge in [0.2, 0.25) is 10.0 Å². The molecule has 1 saturated heterocycles. The number of rotatable bonds is 2. The third-order valence-corrected chi connectivity index (χ3v) is 5.47. The number of nitrogen functional groups attached to an aromatic ring is 1. The molecule has 1 heterocycles. The molecule has 2 rings (SSSR count). The predicted molar refractivity (Wildman–Crippen MR) is 68.0 cm³/mol. The summed E-state index contributed by atoms with van der Waals surface area (Å²) in [5.74, 6) is -0.757. The van der Waals surface area contributed by atoms with Gasteiger partial charge in [-0.1, -0.05) is 0 Å². The van der Waals surface area contributed by atoms with Crippen LogP contribution in [0.25, 0.3) is 0 Å². The van der Waals surface area contributed by atoms with E-state index in [4.69, 9.17) is 5.73 Å². The summed E-state index contributed by atoms with van der Waals surface area (Å²) < 4.78 is 40.0. The van der Waals surface area contributed by atoms with Gasteiger partial charge in [-0.2, -0.15) is 4.31 Å². The Bertz CT molecular complexity index is 569. The maximum atomic E-state index is 13.7. The van der Waals surface area contributed by atoms with E-state index >= 15 is 0 Å². The molecule has 0 atom stereocenters. The minimum atomic E-state index is -3.82. The van der Waals surface area contributed by atoms with Crippen LogP contribution in [0.4, 0.5) is 10.1 Å². The van der Waals surface area contributed by atoms with E-state index in [-0.39, 0.29) is 10.6 Å². The molecule has 1 aliphatic heterocycles. The molecule has 18 heavy (non-hydrogen) atoms. The highest BCUT2D eigenvalue weighted by Gasteiger charge is 2.41. The van der Waals surface area contributed by atoms with E-state index in [2.05, 4.69) is 0 Å². The van der Waals surface area contributed by atoms with Crippen molar-refractivity contribution >= 4 is 15.7 Å². The molecule has 0 unspecified atom stereocenters. The Kier molecular flexibility index (Phi) is 3.11. The number of halogens is 1. The van der Waals surface area contributed by atoms with Crippen molar-refractivity contribution in [2.75, 3.05) is 12.3 Å². The van der Waals surface area contributed by atoms with Gasteiger partial charge in [0.1, 0.15) is 10.7 Å². The van der Waals surface area contributed by atoms with E-state index in [1.165, 1.54) is 16.4 Å². The van der Waals surface area contributed by atoms with Gasteiger partial charge in [-0.05, 0) is 44.9 Å². The molecule has 0 radical (unpaired) electrons. The number of benzene rings is 1. The zero-order valence-electron chi connectivity index (χ0n) is 10.5. The number of nitrogens with zero attached hydrogens (tertiary/aromatic N) is 1. The van der Waals surface area contributed by atoms with E-state index in [1.807, 2.05) is 13.8 Å². The van der Waals surface area contributed by atoms with Crippen molar-refractivity contribution in [1.82, 2.24) is 4.31 Å². The van der Waals surface area contributed by atoms with Gasteiger partial charge in [-0.25, -0.2) is 12.8 Å². The molecular formula is C12H17FN2O2S. The van der Waals surface area contributed by atoms with Crippen molar-refractivity contribution in [1.29, 1.82) is 0 Å². The average Bonchev–Trinajstić information content (AvgIpc) is 2.62. The molecule has 1 aromatic carbocycles. The molecular weight excluding hydrogens is 255 g/mol. The average molecular weight is 272 g/mol. The van der Waals surface area contributed by atoms with Gasteiger partial charge >= 0.3 is 0 Å². The molecule has 0 aliphatic carbocycles. The van der Waals surface area contributed by atoms with Crippen molar-refractivity contribution in [3.63, 3.8) is 0 Å². The van der Waals surface area contributed by atoms with Gasteiger partial charge in [0.25, 0.3) is 0 Å². The second kappa shape index (κ2) is 4.20. The summed E-state index contributed by atoms with van der Waals surface area (Å²) in [5.41, 5.74) is 5.31. The fourth-order valence-corrected chi connectivity index (χ4v) is 4.31. The van der Waals surface area contributed by atoms with E-state index in [9.17, 15) is 12.8 Å². The topological polar surface area (TPSA) is 63.4 Å². The van der Waals surface area contributed by atoms with Crippen molar-refractivity contribution in [3.8, 4) is 0 Å². The molecule has 0 aromatic heterocycles. The highest BCUT2D eigenvalue weighted by atomic mass is 32.2. The van der Waals surface area contributed by atoms with E-state index in [1.54, 1.807) is 0 Å². The molecule has 0 amide bonds. The highest BCUT2D eigenvalue weighted by molar-refractivity contribution is 7.89. The summed E-state index contributed by atoms with van der Waals surface area (Å²) in [7, 11) is -3.82. The Morgan fingerprint density at radius 2 is 2.06 bits per heavy atom. The predicted octanol–water partition coefficient (Wildman–Crippen LogP) is 1.97. The van der Waals surface area contributed by atoms with Gasteiger partial charge in [0.15, 0.2) is 0 Å². The lowest BCUT2D eigenvalue weighted by molar-refractivity contribution is 0.290. The molecule has 2 N–H and O–H groups in total. The normalized spacial score (nSPS) is 20.2. The molecule has 0 spiro atoms. The number of sulfonamides is 1. The highest BCUT2D eigenvalue weighted by Crippen LogP contribution is 2.34. The zero-order valence-corrected chi connectivity index (χ0v) is 11.3. The van der Waals surface area contributed by atoms with Crippen LogP contribution in [0.15, 0.2) is 23.1 Å². The zero-order chi connectivity index (χ0) is 13.6. The second-order valence-electron chi connectivity index (χ2n) is 5.18. The summed E-state index contributed by atoms with van der Waals surface area (Å²) >= 11 is 0. The summed E-state index contributed by atoms with van der Waals surface area (Å²) in [5, 5.41) is 0. The first kappa shape index (κ1) is 13.3. The number of anilines is 1. The van der Waals surface area contributed by atoms with Crippen molar-refractivity contribution < 1.29 is 12.8 Å². The van der Waals surface area contributed by atoms with E-state index < -0.39 is 21.4 Å². The van der Waals surface area contributed by atoms with Crippen molar-refractivity contribution in [2.24, 2.45) is 0 Å². The summed E-state index contributed by atoms with van der Waals surface area (Å²) in [6.45, 7) is 4.12. The van der Waals surface area contributed by atoms with Gasteiger partial charge < -0.3 is 5.73 Å². The molecule has 6 heteroatoms. The SMILES string of the molecule is CC1(C)CCCN1S(=O)(=O)c1cc(N)ccc1F. The van der Waals surface area contributed by atoms with Gasteiger partial charge in [-0.15, -0.1) is 0 Å². The minimum absolute atomic E-state index is 0.243. The molecule has 100 valence electrons. The van der Waals surface area contributed by atoms with Crippen LogP contribution in [-0.4, -0.2) is 24.8 Å². The fourth-order valence-electron chi connectivity index (χ4n) is 2.36. The molecule has 0 bridgehead atoms. The van der Waals surface area contributed by atoms with Gasteiger partial charge in [0.05, 0.1) is 0 Å². The van der Waals surface area contributed by atoms with Crippen molar-refractivity contribution in [2.45, 2.75) is 37.1 Å². The monoisotopic (exact) mass is 272 g/mol. The second-order valence-corrected chi connectivity index (χ2v) is 7.01. The third kappa shape index (κ3) is 2.10. The van der Waals surface area contributed by atoms with Crippen LogP contribution in [0.2, 0.25) is 0 Å². The maximum absolute atomic E-state index is 13.7. The lowest BCUT2D eigenvalue weighted by atomic mass is 10.0. The van der Waals surface area contributed by atoms with Crippen LogP contribution in [0.1, 0.15) is 26.7 Å². The van der Waals surface area contributed by atoms with Crippen LogP contribution < -0.4 is 5.73 Å². The number of hydrogen-bond acceptors (Lipinski definition) is 3. The maximum Gasteiger partial charge on any atom is 0.246 e. The standard InChI is InChI=1S/C12H17FN2O2S/c1-12(2)6-3-7-15(12)18(16,17)11-8-9(14)4-5-10(11)13/h4-5,8H,3,6-7,14H2,1-2H3. The fraction of sp³-hybridized carbons (Fsp3) is 0.500. The molecule has 1 fully saturated rings. The third-order valence-electron chi connectivity index (χ3n) is 3.35. The minimum Gasteiger partial charge on any atom is -0.399 e. The summed E-state index contributed by atoms with van der Waals surface area (Å²) in [4.78, 5) is -0.336. The first-order valence-corrected chi connectivity index (χ1v) is 7.27. The van der Waals surface area contributed by atoms with E-state index in [0.717, 1.165) is 18.9 Å². The van der Waals surface area contributed by atoms with Crippen LogP contribution in [0.5, 0.6) is 0 Å². The Morgan fingerprint density at radius 1 is 1.39 bits per heavy atom. The van der Waals surface area contributed by atoms with Gasteiger partial charge in [-0.3, -0.25) is 0 Å². The van der Waals surface area contributed by atoms with Crippen LogP contribution in [0.3, 0.4) is 0 Å². The van der Waals surface area contributed by atoms with E-state index in [0.29, 0.717) is 6.54 Å². The number of nitrogens with two attached hydrogens (primary N) is 1. The first-order valence-electron chi connectivity index (χ1n) is 5.83. The van der Waals surface area contributed by atoms with Crippen LogP contribution in [0, 0.1) is 5.82 Å². The Labute approximate surface area is 107 Å². The first-order chi connectivity index (χ1) is 8.25. The molecule has 4 nitrogen and oxygen atoms in total. The smallest absolute Gasteiger partial charge is 0.246 e. The Balaban J connectivity index is 2.52. The Morgan fingerprint density at radius 3 is 2.61 bits per heavy atom. The molecule has 1 aliphatic rings. The summed E-state index contributed by atoms with van der Waals surface area (Å²) in [6.07, 6.45) is 1.56. The van der Waals surface area contributed by atoms with Gasteiger partial charge in [0, 0.05) is 17.8 Å². The quantitative estimate of drug-likeness (QED) is 0.837. The lowest BCUT2D eigenvalue weighted by Gasteiger charge is -2.30. The Hall–Kier alpha value is -1.14. The van der Waals surface area contributed by atoms with Crippen LogP contribution in [-0.2, 0) is 10.0 Å². The lowest BCUT2D eigenvalue weighted by Crippen LogP contribution is -2.42. The van der Waals surface area contributed by atoms with Crippen molar-refractivity contribution in [3.05, 3.63) is 24.0 Å². The van der Waals surface area contributed by atoms with Crippen LogP contribution >= 0.6 is 0 Å². The molecule has 1 aromatic rings. The number of hydrogen-bond donors (Lipinski definition) is 1. The summed E-state index contributed by atoms with van der Waals surface area (Å²) in [6, 6.07) is 3.62.